The molecule has 0 radical (unpaired) electrons. The number of nitrogens with zero attached hydrogens (tertiary/aromatic N) is 1. The van der Waals surface area contributed by atoms with E-state index in [9.17, 15) is 9.59 Å². The van der Waals surface area contributed by atoms with Gasteiger partial charge in [-0.15, -0.1) is 0 Å². The molecule has 2 aromatic rings. The Morgan fingerprint density at radius 1 is 1.19 bits per heavy atom. The molecule has 0 bridgehead atoms. The fourth-order valence-corrected chi connectivity index (χ4v) is 2.23. The van der Waals surface area contributed by atoms with Crippen molar-refractivity contribution in [3.05, 3.63) is 58.6 Å². The molecule has 0 heterocycles. The van der Waals surface area contributed by atoms with Crippen LogP contribution in [0.3, 0.4) is 0 Å². The number of rotatable bonds is 6. The van der Waals surface area contributed by atoms with Crippen LogP contribution < -0.4 is 10.1 Å². The fraction of sp³-hybridized carbons (Fsp3) is 0.211. The van der Waals surface area contributed by atoms with Crippen LogP contribution in [-0.4, -0.2) is 24.6 Å². The summed E-state index contributed by atoms with van der Waals surface area (Å²) in [6.07, 6.45) is -0.201. The summed E-state index contributed by atoms with van der Waals surface area (Å²) in [4.78, 5) is 23.7. The van der Waals surface area contributed by atoms with Crippen molar-refractivity contribution in [2.45, 2.75) is 20.0 Å². The fourth-order valence-electron chi connectivity index (χ4n) is 2.00. The number of hydrogen-bond donors (Lipinski definition) is 1. The predicted molar refractivity (Wildman–Crippen MR) is 97.3 cm³/mol. The lowest BCUT2D eigenvalue weighted by molar-refractivity contribution is -0.118. The first-order valence-corrected chi connectivity index (χ1v) is 8.20. The molecule has 0 atom stereocenters. The Kier molecular flexibility index (Phi) is 6.59. The summed E-state index contributed by atoms with van der Waals surface area (Å²) < 4.78 is 10.4. The zero-order valence-electron chi connectivity index (χ0n) is 14.3. The molecule has 2 rings (SSSR count). The van der Waals surface area contributed by atoms with Gasteiger partial charge in [-0.1, -0.05) is 11.6 Å². The SMILES string of the molecule is CC(C)OC(=O)c1ccc(NC(=O)COc2ccc(C#N)cc2Cl)cc1. The quantitative estimate of drug-likeness (QED) is 0.779. The van der Waals surface area contributed by atoms with E-state index in [2.05, 4.69) is 5.32 Å². The zero-order valence-corrected chi connectivity index (χ0v) is 15.0. The lowest BCUT2D eigenvalue weighted by Gasteiger charge is -2.10. The van der Waals surface area contributed by atoms with Gasteiger partial charge in [-0.2, -0.15) is 5.26 Å². The minimum Gasteiger partial charge on any atom is -0.482 e. The third kappa shape index (κ3) is 5.50. The van der Waals surface area contributed by atoms with Crippen LogP contribution in [0.1, 0.15) is 29.8 Å². The van der Waals surface area contributed by atoms with Gasteiger partial charge < -0.3 is 14.8 Å². The first-order chi connectivity index (χ1) is 12.4. The lowest BCUT2D eigenvalue weighted by Crippen LogP contribution is -2.20. The summed E-state index contributed by atoms with van der Waals surface area (Å²) in [6.45, 7) is 3.29. The highest BCUT2D eigenvalue weighted by molar-refractivity contribution is 6.32. The smallest absolute Gasteiger partial charge is 0.338 e. The van der Waals surface area contributed by atoms with Crippen molar-refractivity contribution in [3.63, 3.8) is 0 Å². The van der Waals surface area contributed by atoms with E-state index in [1.807, 2.05) is 6.07 Å². The average Bonchev–Trinajstić information content (AvgIpc) is 2.60. The van der Waals surface area contributed by atoms with Gasteiger partial charge in [0.05, 0.1) is 28.3 Å². The van der Waals surface area contributed by atoms with Gasteiger partial charge in [0.2, 0.25) is 0 Å². The summed E-state index contributed by atoms with van der Waals surface area (Å²) in [6, 6.07) is 12.8. The summed E-state index contributed by atoms with van der Waals surface area (Å²) >= 11 is 5.98. The van der Waals surface area contributed by atoms with Gasteiger partial charge in [0.15, 0.2) is 6.61 Å². The third-order valence-corrected chi connectivity index (χ3v) is 3.46. The molecule has 0 aliphatic rings. The first kappa shape index (κ1) is 19.3. The normalized spacial score (nSPS) is 10.1. The van der Waals surface area contributed by atoms with Crippen molar-refractivity contribution in [1.29, 1.82) is 5.26 Å². The Bertz CT molecular complexity index is 842. The summed E-state index contributed by atoms with van der Waals surface area (Å²) in [5, 5.41) is 11.7. The number of nitrogens with one attached hydrogen (secondary N) is 1. The molecule has 7 heteroatoms. The van der Waals surface area contributed by atoms with Gasteiger partial charge in [-0.3, -0.25) is 4.79 Å². The maximum atomic E-state index is 12.0. The van der Waals surface area contributed by atoms with Crippen molar-refractivity contribution < 1.29 is 19.1 Å². The van der Waals surface area contributed by atoms with E-state index in [4.69, 9.17) is 26.3 Å². The molecule has 26 heavy (non-hydrogen) atoms. The van der Waals surface area contributed by atoms with Crippen LogP contribution in [-0.2, 0) is 9.53 Å². The van der Waals surface area contributed by atoms with E-state index in [0.717, 1.165) is 0 Å². The molecule has 0 fully saturated rings. The highest BCUT2D eigenvalue weighted by atomic mass is 35.5. The second-order valence-electron chi connectivity index (χ2n) is 5.63. The molecule has 134 valence electrons. The summed E-state index contributed by atoms with van der Waals surface area (Å²) in [7, 11) is 0. The number of anilines is 1. The Balaban J connectivity index is 1.90. The van der Waals surface area contributed by atoms with Crippen molar-refractivity contribution in [1.82, 2.24) is 0 Å². The number of nitriles is 1. The van der Waals surface area contributed by atoms with Crippen LogP contribution >= 0.6 is 11.6 Å². The van der Waals surface area contributed by atoms with Gasteiger partial charge in [-0.25, -0.2) is 4.79 Å². The summed E-state index contributed by atoms with van der Waals surface area (Å²) in [5.74, 6) is -0.493. The number of carbonyl (C=O) groups is 2. The summed E-state index contributed by atoms with van der Waals surface area (Å²) in [5.41, 5.74) is 1.32. The van der Waals surface area contributed by atoms with E-state index >= 15 is 0 Å². The van der Waals surface area contributed by atoms with Crippen LogP contribution in [0.5, 0.6) is 5.75 Å². The van der Waals surface area contributed by atoms with Gasteiger partial charge in [0.1, 0.15) is 5.75 Å². The molecule has 0 unspecified atom stereocenters. The number of halogens is 1. The maximum Gasteiger partial charge on any atom is 0.338 e. The van der Waals surface area contributed by atoms with Crippen molar-refractivity contribution in [2.75, 3.05) is 11.9 Å². The molecule has 0 saturated carbocycles. The van der Waals surface area contributed by atoms with Gasteiger partial charge >= 0.3 is 5.97 Å². The molecular formula is C19H17ClN2O4. The van der Waals surface area contributed by atoms with Crippen molar-refractivity contribution >= 4 is 29.2 Å². The van der Waals surface area contributed by atoms with Crippen LogP contribution in [0.15, 0.2) is 42.5 Å². The number of esters is 1. The molecule has 2 aromatic carbocycles. The molecule has 0 aliphatic heterocycles. The topological polar surface area (TPSA) is 88.4 Å². The molecular weight excluding hydrogens is 356 g/mol. The molecule has 0 saturated heterocycles. The lowest BCUT2D eigenvalue weighted by atomic mass is 10.2. The molecule has 0 spiro atoms. The van der Waals surface area contributed by atoms with E-state index in [1.54, 1.807) is 44.2 Å². The number of hydrogen-bond acceptors (Lipinski definition) is 5. The van der Waals surface area contributed by atoms with Crippen LogP contribution in [0.25, 0.3) is 0 Å². The predicted octanol–water partition coefficient (Wildman–Crippen LogP) is 3.79. The first-order valence-electron chi connectivity index (χ1n) is 7.82. The number of amides is 1. The number of carbonyl (C=O) groups excluding carboxylic acids is 2. The minimum absolute atomic E-state index is 0.201. The van der Waals surface area contributed by atoms with Crippen LogP contribution in [0.2, 0.25) is 5.02 Å². The maximum absolute atomic E-state index is 12.0. The second kappa shape index (κ2) is 8.88. The minimum atomic E-state index is -0.420. The molecule has 6 nitrogen and oxygen atoms in total. The van der Waals surface area contributed by atoms with E-state index in [1.165, 1.54) is 12.1 Å². The molecule has 1 amide bonds. The largest absolute Gasteiger partial charge is 0.482 e. The van der Waals surface area contributed by atoms with Crippen molar-refractivity contribution in [2.24, 2.45) is 0 Å². The Morgan fingerprint density at radius 3 is 2.46 bits per heavy atom. The third-order valence-electron chi connectivity index (χ3n) is 3.17. The van der Waals surface area contributed by atoms with E-state index < -0.39 is 5.97 Å². The average molecular weight is 373 g/mol. The Hall–Kier alpha value is -3.04. The van der Waals surface area contributed by atoms with Crippen LogP contribution in [0.4, 0.5) is 5.69 Å². The number of benzene rings is 2. The van der Waals surface area contributed by atoms with Gasteiger partial charge in [0, 0.05) is 5.69 Å². The van der Waals surface area contributed by atoms with E-state index in [0.29, 0.717) is 22.6 Å². The second-order valence-corrected chi connectivity index (χ2v) is 6.03. The Morgan fingerprint density at radius 2 is 1.88 bits per heavy atom. The highest BCUT2D eigenvalue weighted by Crippen LogP contribution is 2.25. The standard InChI is InChI=1S/C19H17ClN2O4/c1-12(2)26-19(24)14-4-6-15(7-5-14)22-18(23)11-25-17-8-3-13(10-21)9-16(17)20/h3-9,12H,11H2,1-2H3,(H,22,23). The van der Waals surface area contributed by atoms with Gasteiger partial charge in [-0.05, 0) is 56.3 Å². The number of ether oxygens (including phenoxy) is 2. The van der Waals surface area contributed by atoms with E-state index in [-0.39, 0.29) is 23.6 Å². The monoisotopic (exact) mass is 372 g/mol. The zero-order chi connectivity index (χ0) is 19.1. The molecule has 0 aromatic heterocycles. The molecule has 1 N–H and O–H groups in total. The van der Waals surface area contributed by atoms with Crippen LogP contribution in [0, 0.1) is 11.3 Å². The highest BCUT2D eigenvalue weighted by Gasteiger charge is 2.10. The molecule has 0 aliphatic carbocycles. The van der Waals surface area contributed by atoms with Gasteiger partial charge in [0.25, 0.3) is 5.91 Å². The van der Waals surface area contributed by atoms with Crippen molar-refractivity contribution in [3.8, 4) is 11.8 Å². The Labute approximate surface area is 156 Å².